The van der Waals surface area contributed by atoms with Gasteiger partial charge >= 0.3 is 0 Å². The third kappa shape index (κ3) is 3.33. The Morgan fingerprint density at radius 3 is 2.76 bits per heavy atom. The molecule has 1 aromatic heterocycles. The maximum atomic E-state index is 12.4. The van der Waals surface area contributed by atoms with Gasteiger partial charge in [0.15, 0.2) is 0 Å². The first-order chi connectivity index (χ1) is 9.92. The van der Waals surface area contributed by atoms with Crippen molar-refractivity contribution in [3.63, 3.8) is 0 Å². The number of fused-ring (bicyclic) bond motifs is 1. The van der Waals surface area contributed by atoms with E-state index in [0.29, 0.717) is 17.1 Å². The van der Waals surface area contributed by atoms with Crippen molar-refractivity contribution in [3.8, 4) is 0 Å². The minimum absolute atomic E-state index is 0.0706. The van der Waals surface area contributed by atoms with Gasteiger partial charge in [-0.3, -0.25) is 9.59 Å². The number of amides is 2. The number of carbonyl (C=O) groups excluding carboxylic acids is 2. The number of nitrogen functional groups attached to an aromatic ring is 1. The molecule has 1 unspecified atom stereocenters. The highest BCUT2D eigenvalue weighted by Crippen LogP contribution is 2.28. The molecule has 0 spiro atoms. The molecular weight excluding hydrogens is 286 g/mol. The van der Waals surface area contributed by atoms with Crippen LogP contribution in [0.2, 0.25) is 0 Å². The van der Waals surface area contributed by atoms with E-state index in [4.69, 9.17) is 5.73 Å². The lowest BCUT2D eigenvalue weighted by atomic mass is 10.1. The van der Waals surface area contributed by atoms with Crippen LogP contribution in [0.1, 0.15) is 16.6 Å². The first-order valence-corrected chi connectivity index (χ1v) is 7.50. The van der Waals surface area contributed by atoms with Gasteiger partial charge in [0.1, 0.15) is 0 Å². The SMILES string of the molecule is CNC(=O)C(C)CN(C)C(=O)c1cc2cc(N)ccc2s1. The molecule has 1 aromatic carbocycles. The van der Waals surface area contributed by atoms with Gasteiger partial charge in [0.05, 0.1) is 10.8 Å². The summed E-state index contributed by atoms with van der Waals surface area (Å²) < 4.78 is 1.03. The van der Waals surface area contributed by atoms with Crippen molar-refractivity contribution in [2.24, 2.45) is 5.92 Å². The summed E-state index contributed by atoms with van der Waals surface area (Å²) in [5, 5.41) is 3.56. The van der Waals surface area contributed by atoms with Gasteiger partial charge in [-0.1, -0.05) is 6.92 Å². The number of carbonyl (C=O) groups is 2. The fourth-order valence-corrected chi connectivity index (χ4v) is 3.22. The molecule has 0 fully saturated rings. The zero-order valence-electron chi connectivity index (χ0n) is 12.3. The summed E-state index contributed by atoms with van der Waals surface area (Å²) >= 11 is 1.44. The second kappa shape index (κ2) is 6.13. The maximum absolute atomic E-state index is 12.4. The number of anilines is 1. The molecule has 0 aliphatic heterocycles. The summed E-state index contributed by atoms with van der Waals surface area (Å²) in [4.78, 5) is 26.2. The first-order valence-electron chi connectivity index (χ1n) is 6.68. The number of hydrogen-bond donors (Lipinski definition) is 2. The van der Waals surface area contributed by atoms with Crippen molar-refractivity contribution in [1.82, 2.24) is 10.2 Å². The zero-order valence-corrected chi connectivity index (χ0v) is 13.2. The predicted octanol–water partition coefficient (Wildman–Crippen LogP) is 1.94. The standard InChI is InChI=1S/C15H19N3O2S/c1-9(14(19)17-2)8-18(3)15(20)13-7-10-6-11(16)4-5-12(10)21-13/h4-7,9H,8,16H2,1-3H3,(H,17,19). The van der Waals surface area contributed by atoms with E-state index in [1.165, 1.54) is 11.3 Å². The minimum Gasteiger partial charge on any atom is -0.399 e. The molecule has 2 amide bonds. The van der Waals surface area contributed by atoms with Crippen LogP contribution in [-0.2, 0) is 4.79 Å². The molecule has 3 N–H and O–H groups in total. The lowest BCUT2D eigenvalue weighted by molar-refractivity contribution is -0.124. The van der Waals surface area contributed by atoms with Crippen molar-refractivity contribution in [1.29, 1.82) is 0 Å². The molecule has 0 aliphatic carbocycles. The van der Waals surface area contributed by atoms with E-state index in [-0.39, 0.29) is 17.7 Å². The van der Waals surface area contributed by atoms with E-state index in [2.05, 4.69) is 5.32 Å². The molecule has 112 valence electrons. The van der Waals surface area contributed by atoms with Gasteiger partial charge in [0, 0.05) is 31.0 Å². The Labute approximate surface area is 127 Å². The number of nitrogens with zero attached hydrogens (tertiary/aromatic N) is 1. The molecule has 1 atom stereocenters. The van der Waals surface area contributed by atoms with Crippen LogP contribution in [0.25, 0.3) is 10.1 Å². The molecule has 0 saturated carbocycles. The first kappa shape index (κ1) is 15.3. The van der Waals surface area contributed by atoms with Gasteiger partial charge in [-0.2, -0.15) is 0 Å². The van der Waals surface area contributed by atoms with Crippen LogP contribution < -0.4 is 11.1 Å². The number of nitrogens with one attached hydrogen (secondary N) is 1. The van der Waals surface area contributed by atoms with Gasteiger partial charge in [-0.25, -0.2) is 0 Å². The van der Waals surface area contributed by atoms with Crippen LogP contribution in [0.5, 0.6) is 0 Å². The fourth-order valence-electron chi connectivity index (χ4n) is 2.18. The second-order valence-electron chi connectivity index (χ2n) is 5.11. The average molecular weight is 305 g/mol. The third-order valence-electron chi connectivity index (χ3n) is 3.34. The summed E-state index contributed by atoms with van der Waals surface area (Å²) in [6.07, 6.45) is 0. The zero-order chi connectivity index (χ0) is 15.6. The summed E-state index contributed by atoms with van der Waals surface area (Å²) in [5.74, 6) is -0.390. The summed E-state index contributed by atoms with van der Waals surface area (Å²) in [7, 11) is 3.30. The van der Waals surface area contributed by atoms with Gasteiger partial charge in [-0.05, 0) is 29.7 Å². The molecule has 0 radical (unpaired) electrons. The third-order valence-corrected chi connectivity index (χ3v) is 4.44. The largest absolute Gasteiger partial charge is 0.399 e. The van der Waals surface area contributed by atoms with Crippen LogP contribution in [0.4, 0.5) is 5.69 Å². The van der Waals surface area contributed by atoms with E-state index in [1.54, 1.807) is 25.9 Å². The van der Waals surface area contributed by atoms with E-state index >= 15 is 0 Å². The molecule has 2 aromatic rings. The van der Waals surface area contributed by atoms with Gasteiger partial charge in [0.25, 0.3) is 5.91 Å². The van der Waals surface area contributed by atoms with E-state index < -0.39 is 0 Å². The number of hydrogen-bond acceptors (Lipinski definition) is 4. The predicted molar refractivity (Wildman–Crippen MR) is 86.4 cm³/mol. The van der Waals surface area contributed by atoms with E-state index in [0.717, 1.165) is 10.1 Å². The quantitative estimate of drug-likeness (QED) is 0.848. The van der Waals surface area contributed by atoms with Crippen LogP contribution in [0.3, 0.4) is 0 Å². The molecule has 21 heavy (non-hydrogen) atoms. The molecule has 5 nitrogen and oxygen atoms in total. The molecule has 6 heteroatoms. The summed E-state index contributed by atoms with van der Waals surface area (Å²) in [5.41, 5.74) is 6.43. The summed E-state index contributed by atoms with van der Waals surface area (Å²) in [6.45, 7) is 2.18. The molecule has 1 heterocycles. The monoisotopic (exact) mass is 305 g/mol. The minimum atomic E-state index is -0.242. The van der Waals surface area contributed by atoms with Crippen LogP contribution in [0.15, 0.2) is 24.3 Å². The Hall–Kier alpha value is -2.08. The maximum Gasteiger partial charge on any atom is 0.263 e. The van der Waals surface area contributed by atoms with Gasteiger partial charge in [-0.15, -0.1) is 11.3 Å². The molecule has 0 aliphatic rings. The van der Waals surface area contributed by atoms with Gasteiger partial charge < -0.3 is 16.0 Å². The topological polar surface area (TPSA) is 75.4 Å². The van der Waals surface area contributed by atoms with Gasteiger partial charge in [0.2, 0.25) is 5.91 Å². The van der Waals surface area contributed by atoms with Crippen molar-refractivity contribution >= 4 is 38.9 Å². The Morgan fingerprint density at radius 1 is 1.38 bits per heavy atom. The van der Waals surface area contributed by atoms with Crippen molar-refractivity contribution in [3.05, 3.63) is 29.1 Å². The van der Waals surface area contributed by atoms with Crippen molar-refractivity contribution in [2.75, 3.05) is 26.4 Å². The number of nitrogens with two attached hydrogens (primary N) is 1. The van der Waals surface area contributed by atoms with E-state index in [9.17, 15) is 9.59 Å². The van der Waals surface area contributed by atoms with Crippen LogP contribution in [-0.4, -0.2) is 37.4 Å². The van der Waals surface area contributed by atoms with Crippen molar-refractivity contribution in [2.45, 2.75) is 6.92 Å². The van der Waals surface area contributed by atoms with Crippen LogP contribution >= 0.6 is 11.3 Å². The highest BCUT2D eigenvalue weighted by molar-refractivity contribution is 7.20. The Kier molecular flexibility index (Phi) is 4.47. The fraction of sp³-hybridized carbons (Fsp3) is 0.333. The smallest absolute Gasteiger partial charge is 0.263 e. The molecule has 0 bridgehead atoms. The molecular formula is C15H19N3O2S. The number of benzene rings is 1. The lowest BCUT2D eigenvalue weighted by Crippen LogP contribution is -2.37. The molecule has 2 rings (SSSR count). The van der Waals surface area contributed by atoms with Crippen molar-refractivity contribution < 1.29 is 9.59 Å². The highest BCUT2D eigenvalue weighted by Gasteiger charge is 2.20. The molecule has 0 saturated heterocycles. The van der Waals surface area contributed by atoms with Crippen LogP contribution in [0, 0.1) is 5.92 Å². The average Bonchev–Trinajstić information content (AvgIpc) is 2.88. The normalized spacial score (nSPS) is 12.1. The summed E-state index contributed by atoms with van der Waals surface area (Å²) in [6, 6.07) is 7.44. The number of thiophene rings is 1. The second-order valence-corrected chi connectivity index (χ2v) is 6.19. The Balaban J connectivity index is 2.15. The lowest BCUT2D eigenvalue weighted by Gasteiger charge is -2.20. The Bertz CT molecular complexity index is 681. The highest BCUT2D eigenvalue weighted by atomic mass is 32.1. The van der Waals surface area contributed by atoms with E-state index in [1.807, 2.05) is 24.3 Å². The Morgan fingerprint density at radius 2 is 2.10 bits per heavy atom. The number of rotatable bonds is 4.